The predicted molar refractivity (Wildman–Crippen MR) is 74.6 cm³/mol. The van der Waals surface area contributed by atoms with Gasteiger partial charge in [0.2, 0.25) is 0 Å². The van der Waals surface area contributed by atoms with Crippen molar-refractivity contribution in [3.05, 3.63) is 48.5 Å². The minimum absolute atomic E-state index is 0.862. The first-order valence-electron chi connectivity index (χ1n) is 5.87. The van der Waals surface area contributed by atoms with Crippen molar-refractivity contribution in [3.8, 4) is 11.5 Å². The van der Waals surface area contributed by atoms with Gasteiger partial charge in [-0.05, 0) is 34.4 Å². The SMILES string of the molecule is COc1ccc2ccc3cccc(OC)c3c2c1. The lowest BCUT2D eigenvalue weighted by molar-refractivity contribution is 0.415. The zero-order valence-corrected chi connectivity index (χ0v) is 10.4. The summed E-state index contributed by atoms with van der Waals surface area (Å²) in [6.07, 6.45) is 0. The van der Waals surface area contributed by atoms with E-state index in [1.807, 2.05) is 18.2 Å². The van der Waals surface area contributed by atoms with Crippen molar-refractivity contribution in [1.82, 2.24) is 0 Å². The Morgan fingerprint density at radius 3 is 2.33 bits per heavy atom. The molecule has 0 heterocycles. The van der Waals surface area contributed by atoms with E-state index in [0.29, 0.717) is 0 Å². The van der Waals surface area contributed by atoms with Crippen molar-refractivity contribution in [1.29, 1.82) is 0 Å². The average molecular weight is 238 g/mol. The Morgan fingerprint density at radius 2 is 1.56 bits per heavy atom. The van der Waals surface area contributed by atoms with Crippen molar-refractivity contribution in [2.75, 3.05) is 14.2 Å². The first kappa shape index (κ1) is 10.9. The Bertz CT molecular complexity index is 717. The third kappa shape index (κ3) is 1.58. The topological polar surface area (TPSA) is 18.5 Å². The lowest BCUT2D eigenvalue weighted by Gasteiger charge is -2.10. The van der Waals surface area contributed by atoms with Crippen LogP contribution in [0.3, 0.4) is 0 Å². The molecule has 2 nitrogen and oxygen atoms in total. The van der Waals surface area contributed by atoms with Gasteiger partial charge in [0.25, 0.3) is 0 Å². The Morgan fingerprint density at radius 1 is 0.778 bits per heavy atom. The molecule has 90 valence electrons. The minimum Gasteiger partial charge on any atom is -0.497 e. The van der Waals surface area contributed by atoms with Gasteiger partial charge in [0, 0.05) is 5.39 Å². The normalized spacial score (nSPS) is 10.8. The molecule has 3 aromatic rings. The summed E-state index contributed by atoms with van der Waals surface area (Å²) < 4.78 is 10.8. The molecule has 0 aliphatic rings. The average Bonchev–Trinajstić information content (AvgIpc) is 2.45. The van der Waals surface area contributed by atoms with Gasteiger partial charge in [-0.25, -0.2) is 0 Å². The van der Waals surface area contributed by atoms with Gasteiger partial charge >= 0.3 is 0 Å². The Labute approximate surface area is 106 Å². The molecule has 0 saturated heterocycles. The molecule has 0 spiro atoms. The highest BCUT2D eigenvalue weighted by molar-refractivity contribution is 6.10. The highest BCUT2D eigenvalue weighted by atomic mass is 16.5. The fourth-order valence-corrected chi connectivity index (χ4v) is 2.35. The van der Waals surface area contributed by atoms with Gasteiger partial charge < -0.3 is 9.47 Å². The van der Waals surface area contributed by atoms with E-state index in [0.717, 1.165) is 22.3 Å². The molecule has 0 radical (unpaired) electrons. The minimum atomic E-state index is 0.862. The van der Waals surface area contributed by atoms with E-state index in [-0.39, 0.29) is 0 Å². The zero-order chi connectivity index (χ0) is 12.5. The van der Waals surface area contributed by atoms with E-state index in [9.17, 15) is 0 Å². The molecule has 0 saturated carbocycles. The van der Waals surface area contributed by atoms with Crippen LogP contribution in [0.5, 0.6) is 11.5 Å². The summed E-state index contributed by atoms with van der Waals surface area (Å²) in [6.45, 7) is 0. The van der Waals surface area contributed by atoms with Crippen LogP contribution in [-0.4, -0.2) is 14.2 Å². The van der Waals surface area contributed by atoms with Gasteiger partial charge in [0.15, 0.2) is 0 Å². The molecule has 2 heteroatoms. The molecule has 18 heavy (non-hydrogen) atoms. The number of methoxy groups -OCH3 is 2. The van der Waals surface area contributed by atoms with Crippen LogP contribution in [0.15, 0.2) is 48.5 Å². The first-order valence-corrected chi connectivity index (χ1v) is 5.87. The highest BCUT2D eigenvalue weighted by Crippen LogP contribution is 2.34. The van der Waals surface area contributed by atoms with Crippen molar-refractivity contribution in [3.63, 3.8) is 0 Å². The van der Waals surface area contributed by atoms with Gasteiger partial charge in [0.05, 0.1) is 14.2 Å². The van der Waals surface area contributed by atoms with Gasteiger partial charge in [-0.3, -0.25) is 0 Å². The number of ether oxygens (including phenoxy) is 2. The summed E-state index contributed by atoms with van der Waals surface area (Å²) in [5.41, 5.74) is 0. The largest absolute Gasteiger partial charge is 0.497 e. The summed E-state index contributed by atoms with van der Waals surface area (Å²) in [5, 5.41) is 4.66. The molecule has 0 N–H and O–H groups in total. The van der Waals surface area contributed by atoms with Gasteiger partial charge in [-0.15, -0.1) is 0 Å². The highest BCUT2D eigenvalue weighted by Gasteiger charge is 2.06. The maximum atomic E-state index is 5.47. The summed E-state index contributed by atoms with van der Waals surface area (Å²) in [7, 11) is 3.39. The molecule has 0 aliphatic heterocycles. The number of fused-ring (bicyclic) bond motifs is 3. The van der Waals surface area contributed by atoms with E-state index in [1.54, 1.807) is 14.2 Å². The molecule has 0 bridgehead atoms. The van der Waals surface area contributed by atoms with Crippen LogP contribution in [0.4, 0.5) is 0 Å². The maximum absolute atomic E-state index is 5.47. The summed E-state index contributed by atoms with van der Waals surface area (Å²) in [4.78, 5) is 0. The second-order valence-electron chi connectivity index (χ2n) is 4.21. The van der Waals surface area contributed by atoms with E-state index >= 15 is 0 Å². The van der Waals surface area contributed by atoms with Crippen LogP contribution in [0, 0.1) is 0 Å². The van der Waals surface area contributed by atoms with Crippen molar-refractivity contribution < 1.29 is 9.47 Å². The Hall–Kier alpha value is -2.22. The van der Waals surface area contributed by atoms with E-state index < -0.39 is 0 Å². The quantitative estimate of drug-likeness (QED) is 0.628. The van der Waals surface area contributed by atoms with E-state index in [2.05, 4.69) is 30.3 Å². The van der Waals surface area contributed by atoms with Gasteiger partial charge in [0.1, 0.15) is 11.5 Å². The van der Waals surface area contributed by atoms with Crippen LogP contribution >= 0.6 is 0 Å². The van der Waals surface area contributed by atoms with Crippen LogP contribution in [0.25, 0.3) is 21.5 Å². The third-order valence-corrected chi connectivity index (χ3v) is 3.25. The molecule has 0 unspecified atom stereocenters. The number of hydrogen-bond donors (Lipinski definition) is 0. The third-order valence-electron chi connectivity index (χ3n) is 3.25. The Kier molecular flexibility index (Phi) is 2.56. The van der Waals surface area contributed by atoms with Crippen LogP contribution in [-0.2, 0) is 0 Å². The summed E-state index contributed by atoms with van der Waals surface area (Å²) in [5.74, 6) is 1.76. The molecular formula is C16H14O2. The zero-order valence-electron chi connectivity index (χ0n) is 10.4. The van der Waals surface area contributed by atoms with Crippen molar-refractivity contribution in [2.24, 2.45) is 0 Å². The predicted octanol–water partition coefficient (Wildman–Crippen LogP) is 4.01. The standard InChI is InChI=1S/C16H14O2/c1-17-13-9-8-11-6-7-12-4-3-5-15(18-2)16(12)14(11)10-13/h3-10H,1-2H3. The smallest absolute Gasteiger partial charge is 0.127 e. The Balaban J connectivity index is 2.49. The molecular weight excluding hydrogens is 224 g/mol. The lowest BCUT2D eigenvalue weighted by Crippen LogP contribution is -1.87. The monoisotopic (exact) mass is 238 g/mol. The molecule has 0 aromatic heterocycles. The number of benzene rings is 3. The summed E-state index contributed by atoms with van der Waals surface area (Å²) >= 11 is 0. The van der Waals surface area contributed by atoms with Crippen molar-refractivity contribution >= 4 is 21.5 Å². The summed E-state index contributed by atoms with van der Waals surface area (Å²) in [6, 6.07) is 16.4. The number of rotatable bonds is 2. The van der Waals surface area contributed by atoms with Crippen LogP contribution in [0.1, 0.15) is 0 Å². The maximum Gasteiger partial charge on any atom is 0.127 e. The lowest BCUT2D eigenvalue weighted by atomic mass is 10.0. The molecule has 0 aliphatic carbocycles. The molecule has 3 aromatic carbocycles. The fourth-order valence-electron chi connectivity index (χ4n) is 2.35. The fraction of sp³-hybridized carbons (Fsp3) is 0.125. The van der Waals surface area contributed by atoms with Crippen LogP contribution in [0.2, 0.25) is 0 Å². The molecule has 0 amide bonds. The number of hydrogen-bond acceptors (Lipinski definition) is 2. The molecule has 0 atom stereocenters. The van der Waals surface area contributed by atoms with E-state index in [4.69, 9.17) is 9.47 Å². The van der Waals surface area contributed by atoms with E-state index in [1.165, 1.54) is 10.8 Å². The molecule has 0 fully saturated rings. The second-order valence-corrected chi connectivity index (χ2v) is 4.21. The van der Waals surface area contributed by atoms with Gasteiger partial charge in [-0.1, -0.05) is 30.3 Å². The van der Waals surface area contributed by atoms with Crippen LogP contribution < -0.4 is 9.47 Å². The van der Waals surface area contributed by atoms with Crippen molar-refractivity contribution in [2.45, 2.75) is 0 Å². The first-order chi connectivity index (χ1) is 8.83. The molecule has 3 rings (SSSR count). The second kappa shape index (κ2) is 4.22. The van der Waals surface area contributed by atoms with Gasteiger partial charge in [-0.2, -0.15) is 0 Å².